The van der Waals surface area contributed by atoms with Crippen molar-refractivity contribution in [2.24, 2.45) is 0 Å². The van der Waals surface area contributed by atoms with Gasteiger partial charge in [-0.1, -0.05) is 29.8 Å². The molecule has 2 aromatic rings. The zero-order valence-corrected chi connectivity index (χ0v) is 16.3. The maximum atomic E-state index is 12.9. The third-order valence-electron chi connectivity index (χ3n) is 4.60. The second-order valence-corrected chi connectivity index (χ2v) is 6.87. The molecular weight excluding hydrogens is 364 g/mol. The first kappa shape index (κ1) is 19.1. The molecule has 0 unspecified atom stereocenters. The van der Waals surface area contributed by atoms with Crippen LogP contribution in [0.1, 0.15) is 16.7 Å². The molecule has 2 aromatic carbocycles. The molecule has 2 amide bonds. The Kier molecular flexibility index (Phi) is 5.63. The summed E-state index contributed by atoms with van der Waals surface area (Å²) >= 11 is 5.97. The van der Waals surface area contributed by atoms with Gasteiger partial charge < -0.3 is 10.1 Å². The number of imide groups is 1. The molecule has 0 atom stereocenters. The van der Waals surface area contributed by atoms with Crippen LogP contribution in [0.3, 0.4) is 0 Å². The summed E-state index contributed by atoms with van der Waals surface area (Å²) < 4.78 is 5.04. The summed E-state index contributed by atoms with van der Waals surface area (Å²) in [6, 6.07) is 12.7. The number of nitrogens with one attached hydrogen (secondary N) is 1. The summed E-state index contributed by atoms with van der Waals surface area (Å²) in [4.78, 5) is 27.1. The van der Waals surface area contributed by atoms with Crippen LogP contribution >= 0.6 is 11.6 Å². The Morgan fingerprint density at radius 2 is 1.70 bits per heavy atom. The molecule has 140 valence electrons. The van der Waals surface area contributed by atoms with Crippen LogP contribution < -0.4 is 5.32 Å². The van der Waals surface area contributed by atoms with Crippen molar-refractivity contribution < 1.29 is 14.3 Å². The van der Waals surface area contributed by atoms with Gasteiger partial charge in [0.2, 0.25) is 0 Å². The zero-order chi connectivity index (χ0) is 19.6. The first-order valence-corrected chi connectivity index (χ1v) is 8.99. The van der Waals surface area contributed by atoms with Crippen molar-refractivity contribution in [3.8, 4) is 0 Å². The van der Waals surface area contributed by atoms with E-state index in [1.165, 1.54) is 12.0 Å². The highest BCUT2D eigenvalue weighted by Crippen LogP contribution is 2.31. The number of anilines is 1. The standard InChI is InChI=1S/C21H21ClN2O3/c1-13-4-9-17(12-14(13)2)23-19-18(15-5-7-16(22)8-6-15)20(25)24(21(19)26)10-11-27-3/h4-9,12,23H,10-11H2,1-3H3. The van der Waals surface area contributed by atoms with Gasteiger partial charge in [-0.05, 0) is 54.8 Å². The van der Waals surface area contributed by atoms with Gasteiger partial charge in [0.05, 0.1) is 18.7 Å². The third kappa shape index (κ3) is 3.89. The molecule has 0 fully saturated rings. The molecule has 6 heteroatoms. The van der Waals surface area contributed by atoms with Crippen molar-refractivity contribution in [1.82, 2.24) is 4.90 Å². The summed E-state index contributed by atoms with van der Waals surface area (Å²) in [5.41, 5.74) is 4.26. The minimum Gasteiger partial charge on any atom is -0.383 e. The fourth-order valence-corrected chi connectivity index (χ4v) is 3.05. The maximum Gasteiger partial charge on any atom is 0.278 e. The van der Waals surface area contributed by atoms with E-state index in [-0.39, 0.29) is 30.7 Å². The predicted octanol–water partition coefficient (Wildman–Crippen LogP) is 3.80. The molecule has 5 nitrogen and oxygen atoms in total. The monoisotopic (exact) mass is 384 g/mol. The number of methoxy groups -OCH3 is 1. The Balaban J connectivity index is 2.04. The number of rotatable bonds is 6. The fraction of sp³-hybridized carbons (Fsp3) is 0.238. The van der Waals surface area contributed by atoms with Gasteiger partial charge in [0.15, 0.2) is 0 Å². The number of hydrogen-bond acceptors (Lipinski definition) is 4. The molecule has 0 radical (unpaired) electrons. The van der Waals surface area contributed by atoms with E-state index in [2.05, 4.69) is 5.32 Å². The molecule has 1 N–H and O–H groups in total. The molecule has 0 spiro atoms. The SMILES string of the molecule is COCCN1C(=O)C(Nc2ccc(C)c(C)c2)=C(c2ccc(Cl)cc2)C1=O. The van der Waals surface area contributed by atoms with E-state index < -0.39 is 0 Å². The van der Waals surface area contributed by atoms with Crippen molar-refractivity contribution in [3.63, 3.8) is 0 Å². The van der Waals surface area contributed by atoms with Crippen LogP contribution in [0.2, 0.25) is 5.02 Å². The summed E-state index contributed by atoms with van der Waals surface area (Å²) in [6.07, 6.45) is 0. The maximum absolute atomic E-state index is 12.9. The van der Waals surface area contributed by atoms with Gasteiger partial charge in [-0.15, -0.1) is 0 Å². The molecule has 0 aliphatic carbocycles. The smallest absolute Gasteiger partial charge is 0.278 e. The van der Waals surface area contributed by atoms with Crippen LogP contribution in [-0.4, -0.2) is 37.0 Å². The first-order valence-electron chi connectivity index (χ1n) is 8.62. The molecule has 0 saturated heterocycles. The second-order valence-electron chi connectivity index (χ2n) is 6.44. The van der Waals surface area contributed by atoms with Crippen molar-refractivity contribution >= 4 is 34.7 Å². The van der Waals surface area contributed by atoms with E-state index in [4.69, 9.17) is 16.3 Å². The van der Waals surface area contributed by atoms with E-state index in [1.807, 2.05) is 32.0 Å². The van der Waals surface area contributed by atoms with Gasteiger partial charge in [0.1, 0.15) is 5.70 Å². The van der Waals surface area contributed by atoms with Crippen LogP contribution in [0.15, 0.2) is 48.2 Å². The fourth-order valence-electron chi connectivity index (χ4n) is 2.93. The molecule has 27 heavy (non-hydrogen) atoms. The quantitative estimate of drug-likeness (QED) is 0.770. The number of ether oxygens (including phenoxy) is 1. The third-order valence-corrected chi connectivity index (χ3v) is 4.85. The zero-order valence-electron chi connectivity index (χ0n) is 15.5. The number of halogens is 1. The largest absolute Gasteiger partial charge is 0.383 e. The Morgan fingerprint density at radius 1 is 1.00 bits per heavy atom. The highest BCUT2D eigenvalue weighted by Gasteiger charge is 2.38. The molecule has 1 aliphatic heterocycles. The average Bonchev–Trinajstić information content (AvgIpc) is 2.87. The number of amides is 2. The Bertz CT molecular complexity index is 920. The van der Waals surface area contributed by atoms with E-state index in [0.717, 1.165) is 16.8 Å². The van der Waals surface area contributed by atoms with Crippen LogP contribution in [-0.2, 0) is 14.3 Å². The highest BCUT2D eigenvalue weighted by atomic mass is 35.5. The van der Waals surface area contributed by atoms with Gasteiger partial charge in [-0.25, -0.2) is 0 Å². The van der Waals surface area contributed by atoms with Gasteiger partial charge in [-0.3, -0.25) is 14.5 Å². The number of hydrogen-bond donors (Lipinski definition) is 1. The van der Waals surface area contributed by atoms with E-state index in [9.17, 15) is 9.59 Å². The molecule has 1 aliphatic rings. The van der Waals surface area contributed by atoms with Gasteiger partial charge in [0, 0.05) is 17.8 Å². The van der Waals surface area contributed by atoms with E-state index >= 15 is 0 Å². The molecule has 3 rings (SSSR count). The Labute approximate surface area is 163 Å². The van der Waals surface area contributed by atoms with Crippen molar-refractivity contribution in [3.05, 3.63) is 69.9 Å². The molecular formula is C21H21ClN2O3. The molecule has 0 aromatic heterocycles. The normalized spacial score (nSPS) is 14.3. The minimum absolute atomic E-state index is 0.198. The van der Waals surface area contributed by atoms with Gasteiger partial charge >= 0.3 is 0 Å². The molecule has 0 saturated carbocycles. The van der Waals surface area contributed by atoms with Crippen LogP contribution in [0.25, 0.3) is 5.57 Å². The topological polar surface area (TPSA) is 58.6 Å². The lowest BCUT2D eigenvalue weighted by Gasteiger charge is -2.14. The first-order chi connectivity index (χ1) is 12.9. The number of aryl methyl sites for hydroxylation is 2. The van der Waals surface area contributed by atoms with Crippen molar-refractivity contribution in [2.45, 2.75) is 13.8 Å². The van der Waals surface area contributed by atoms with E-state index in [1.54, 1.807) is 24.3 Å². The molecule has 1 heterocycles. The lowest BCUT2D eigenvalue weighted by molar-refractivity contribution is -0.137. The lowest BCUT2D eigenvalue weighted by Crippen LogP contribution is -2.35. The summed E-state index contributed by atoms with van der Waals surface area (Å²) in [5.74, 6) is -0.703. The van der Waals surface area contributed by atoms with Crippen LogP contribution in [0.5, 0.6) is 0 Å². The summed E-state index contributed by atoms with van der Waals surface area (Å²) in [5, 5.41) is 3.72. The highest BCUT2D eigenvalue weighted by molar-refractivity contribution is 6.36. The Hall–Kier alpha value is -2.63. The molecule has 0 bridgehead atoms. The van der Waals surface area contributed by atoms with E-state index in [0.29, 0.717) is 16.2 Å². The lowest BCUT2D eigenvalue weighted by atomic mass is 10.0. The average molecular weight is 385 g/mol. The van der Waals surface area contributed by atoms with Crippen LogP contribution in [0, 0.1) is 13.8 Å². The number of benzene rings is 2. The predicted molar refractivity (Wildman–Crippen MR) is 107 cm³/mol. The number of carbonyl (C=O) groups excluding carboxylic acids is 2. The van der Waals surface area contributed by atoms with Crippen LogP contribution in [0.4, 0.5) is 5.69 Å². The number of nitrogens with zero attached hydrogens (tertiary/aromatic N) is 1. The Morgan fingerprint density at radius 3 is 2.33 bits per heavy atom. The number of carbonyl (C=O) groups is 2. The second kappa shape index (κ2) is 7.94. The van der Waals surface area contributed by atoms with Crippen molar-refractivity contribution in [2.75, 3.05) is 25.6 Å². The van der Waals surface area contributed by atoms with Crippen molar-refractivity contribution in [1.29, 1.82) is 0 Å². The van der Waals surface area contributed by atoms with Gasteiger partial charge in [-0.2, -0.15) is 0 Å². The van der Waals surface area contributed by atoms with Gasteiger partial charge in [0.25, 0.3) is 11.8 Å². The summed E-state index contributed by atoms with van der Waals surface area (Å²) in [6.45, 7) is 4.50. The summed E-state index contributed by atoms with van der Waals surface area (Å²) in [7, 11) is 1.53. The minimum atomic E-state index is -0.361.